The fourth-order valence-electron chi connectivity index (χ4n) is 1.19. The normalized spacial score (nSPS) is 12.6. The van der Waals surface area contributed by atoms with E-state index in [4.69, 9.17) is 9.47 Å². The summed E-state index contributed by atoms with van der Waals surface area (Å²) < 4.78 is 9.95. The average molecular weight is 256 g/mol. The van der Waals surface area contributed by atoms with Crippen molar-refractivity contribution in [3.63, 3.8) is 0 Å². The standard InChI is InChI=1S/C14H24O4/c1-7-17-11(15)13(3,4)9-10-14(5,6)12(16)18-8-2/h9-10H,7-8H2,1-6H3/b10-9+. The van der Waals surface area contributed by atoms with Gasteiger partial charge in [0.05, 0.1) is 24.0 Å². The molecule has 0 heterocycles. The largest absolute Gasteiger partial charge is 0.465 e. The van der Waals surface area contributed by atoms with Crippen molar-refractivity contribution in [2.75, 3.05) is 13.2 Å². The van der Waals surface area contributed by atoms with Crippen LogP contribution >= 0.6 is 0 Å². The third-order valence-corrected chi connectivity index (χ3v) is 2.52. The third-order valence-electron chi connectivity index (χ3n) is 2.52. The maximum Gasteiger partial charge on any atom is 0.315 e. The van der Waals surface area contributed by atoms with Gasteiger partial charge in [-0.1, -0.05) is 12.2 Å². The van der Waals surface area contributed by atoms with Gasteiger partial charge in [-0.2, -0.15) is 0 Å². The zero-order chi connectivity index (χ0) is 14.4. The Hall–Kier alpha value is -1.32. The number of hydrogen-bond donors (Lipinski definition) is 0. The lowest BCUT2D eigenvalue weighted by atomic mass is 9.86. The Kier molecular flexibility index (Phi) is 6.09. The number of hydrogen-bond acceptors (Lipinski definition) is 4. The zero-order valence-corrected chi connectivity index (χ0v) is 12.2. The minimum Gasteiger partial charge on any atom is -0.465 e. The maximum absolute atomic E-state index is 11.7. The first-order chi connectivity index (χ1) is 8.17. The highest BCUT2D eigenvalue weighted by atomic mass is 16.5. The molecule has 0 aliphatic rings. The van der Waals surface area contributed by atoms with E-state index in [0.717, 1.165) is 0 Å². The van der Waals surface area contributed by atoms with Crippen LogP contribution in [0.15, 0.2) is 12.2 Å². The molecule has 0 rings (SSSR count). The van der Waals surface area contributed by atoms with Crippen molar-refractivity contribution in [2.45, 2.75) is 41.5 Å². The number of carbonyl (C=O) groups excluding carboxylic acids is 2. The molecule has 4 heteroatoms. The molecule has 0 saturated carbocycles. The highest BCUT2D eigenvalue weighted by Gasteiger charge is 2.30. The summed E-state index contributed by atoms with van der Waals surface area (Å²) in [6, 6.07) is 0. The molecular weight excluding hydrogens is 232 g/mol. The molecule has 0 aromatic carbocycles. The molecule has 0 saturated heterocycles. The van der Waals surface area contributed by atoms with Crippen LogP contribution in [0.5, 0.6) is 0 Å². The van der Waals surface area contributed by atoms with Gasteiger partial charge in [0.1, 0.15) is 0 Å². The van der Waals surface area contributed by atoms with Crippen molar-refractivity contribution < 1.29 is 19.1 Å². The molecule has 0 N–H and O–H groups in total. The molecule has 0 radical (unpaired) electrons. The van der Waals surface area contributed by atoms with Crippen molar-refractivity contribution in [1.82, 2.24) is 0 Å². The average Bonchev–Trinajstić information content (AvgIpc) is 2.27. The summed E-state index contributed by atoms with van der Waals surface area (Å²) in [5.41, 5.74) is -1.50. The molecular formula is C14H24O4. The van der Waals surface area contributed by atoms with Crippen LogP contribution in [0.2, 0.25) is 0 Å². The zero-order valence-electron chi connectivity index (χ0n) is 12.2. The molecule has 0 atom stereocenters. The molecule has 0 unspecified atom stereocenters. The molecule has 0 aliphatic carbocycles. The number of carbonyl (C=O) groups is 2. The van der Waals surface area contributed by atoms with E-state index < -0.39 is 10.8 Å². The summed E-state index contributed by atoms with van der Waals surface area (Å²) in [7, 11) is 0. The molecule has 18 heavy (non-hydrogen) atoms. The summed E-state index contributed by atoms with van der Waals surface area (Å²) in [4.78, 5) is 23.4. The minimum absolute atomic E-state index is 0.305. The molecule has 0 aromatic heterocycles. The Morgan fingerprint density at radius 2 is 1.11 bits per heavy atom. The Morgan fingerprint density at radius 3 is 1.33 bits per heavy atom. The molecule has 0 aliphatic heterocycles. The molecule has 0 fully saturated rings. The van der Waals surface area contributed by atoms with Crippen LogP contribution in [-0.2, 0) is 19.1 Å². The second-order valence-electron chi connectivity index (χ2n) is 5.22. The van der Waals surface area contributed by atoms with Gasteiger partial charge in [0.25, 0.3) is 0 Å². The van der Waals surface area contributed by atoms with Gasteiger partial charge < -0.3 is 9.47 Å². The van der Waals surface area contributed by atoms with E-state index in [9.17, 15) is 9.59 Å². The molecule has 0 aromatic rings. The van der Waals surface area contributed by atoms with Gasteiger partial charge in [-0.05, 0) is 41.5 Å². The van der Waals surface area contributed by atoms with Crippen LogP contribution in [0.4, 0.5) is 0 Å². The Bertz CT molecular complexity index is 295. The maximum atomic E-state index is 11.7. The lowest BCUT2D eigenvalue weighted by Crippen LogP contribution is -2.28. The fourth-order valence-corrected chi connectivity index (χ4v) is 1.19. The number of rotatable bonds is 6. The van der Waals surface area contributed by atoms with Crippen molar-refractivity contribution in [3.8, 4) is 0 Å². The van der Waals surface area contributed by atoms with Crippen LogP contribution < -0.4 is 0 Å². The predicted molar refractivity (Wildman–Crippen MR) is 70.0 cm³/mol. The van der Waals surface area contributed by atoms with Crippen LogP contribution in [0.25, 0.3) is 0 Å². The summed E-state index contributed by atoms with van der Waals surface area (Å²) >= 11 is 0. The predicted octanol–water partition coefficient (Wildman–Crippen LogP) is 2.72. The van der Waals surface area contributed by atoms with E-state index in [0.29, 0.717) is 13.2 Å². The summed E-state index contributed by atoms with van der Waals surface area (Å²) in [5, 5.41) is 0. The molecule has 4 nitrogen and oxygen atoms in total. The Labute approximate surface area is 109 Å². The van der Waals surface area contributed by atoms with Crippen molar-refractivity contribution in [3.05, 3.63) is 12.2 Å². The van der Waals surface area contributed by atoms with E-state index in [1.54, 1.807) is 53.7 Å². The van der Waals surface area contributed by atoms with E-state index in [1.807, 2.05) is 0 Å². The van der Waals surface area contributed by atoms with Crippen molar-refractivity contribution >= 4 is 11.9 Å². The first kappa shape index (κ1) is 16.7. The Balaban J connectivity index is 4.80. The molecule has 104 valence electrons. The first-order valence-corrected chi connectivity index (χ1v) is 6.22. The van der Waals surface area contributed by atoms with Gasteiger partial charge in [-0.25, -0.2) is 0 Å². The van der Waals surface area contributed by atoms with Crippen LogP contribution in [0.1, 0.15) is 41.5 Å². The molecule has 0 amide bonds. The van der Waals surface area contributed by atoms with E-state index in [2.05, 4.69) is 0 Å². The smallest absolute Gasteiger partial charge is 0.315 e. The van der Waals surface area contributed by atoms with Gasteiger partial charge in [0, 0.05) is 0 Å². The quantitative estimate of drug-likeness (QED) is 0.541. The highest BCUT2D eigenvalue weighted by Crippen LogP contribution is 2.25. The second-order valence-corrected chi connectivity index (χ2v) is 5.22. The Morgan fingerprint density at radius 1 is 0.833 bits per heavy atom. The van der Waals surface area contributed by atoms with Gasteiger partial charge in [-0.15, -0.1) is 0 Å². The van der Waals surface area contributed by atoms with Crippen molar-refractivity contribution in [2.24, 2.45) is 10.8 Å². The van der Waals surface area contributed by atoms with E-state index in [1.165, 1.54) is 0 Å². The SMILES string of the molecule is CCOC(=O)C(C)(C)/C=C/C(C)(C)C(=O)OCC. The third kappa shape index (κ3) is 4.90. The van der Waals surface area contributed by atoms with Gasteiger partial charge >= 0.3 is 11.9 Å². The van der Waals surface area contributed by atoms with Crippen molar-refractivity contribution in [1.29, 1.82) is 0 Å². The lowest BCUT2D eigenvalue weighted by Gasteiger charge is -2.22. The number of esters is 2. The first-order valence-electron chi connectivity index (χ1n) is 6.22. The molecule has 0 spiro atoms. The lowest BCUT2D eigenvalue weighted by molar-refractivity contribution is -0.152. The topological polar surface area (TPSA) is 52.6 Å². The van der Waals surface area contributed by atoms with Gasteiger partial charge in [0.15, 0.2) is 0 Å². The van der Waals surface area contributed by atoms with Gasteiger partial charge in [0.2, 0.25) is 0 Å². The van der Waals surface area contributed by atoms with E-state index >= 15 is 0 Å². The highest BCUT2D eigenvalue weighted by molar-refractivity contribution is 5.80. The summed E-state index contributed by atoms with van der Waals surface area (Å²) in [6.07, 6.45) is 3.39. The van der Waals surface area contributed by atoms with Crippen LogP contribution in [0, 0.1) is 10.8 Å². The van der Waals surface area contributed by atoms with E-state index in [-0.39, 0.29) is 11.9 Å². The second kappa shape index (κ2) is 6.57. The fraction of sp³-hybridized carbons (Fsp3) is 0.714. The van der Waals surface area contributed by atoms with Gasteiger partial charge in [-0.3, -0.25) is 9.59 Å². The molecule has 0 bridgehead atoms. The summed E-state index contributed by atoms with van der Waals surface area (Å²) in [6.45, 7) is 11.2. The monoisotopic (exact) mass is 256 g/mol. The van der Waals surface area contributed by atoms with Crippen LogP contribution in [0.3, 0.4) is 0 Å². The minimum atomic E-state index is -0.750. The van der Waals surface area contributed by atoms with Crippen LogP contribution in [-0.4, -0.2) is 25.2 Å². The summed E-state index contributed by atoms with van der Waals surface area (Å²) in [5.74, 6) is -0.609. The number of ether oxygens (including phenoxy) is 2.